The number of aliphatic imine (C=N–C) groups is 2. The maximum absolute atomic E-state index is 5.46. The molecule has 47 heavy (non-hydrogen) atoms. The van der Waals surface area contributed by atoms with Crippen LogP contribution >= 0.6 is 0 Å². The fraction of sp³-hybridized carbons (Fsp3) is 0.0682. The highest BCUT2D eigenvalue weighted by atomic mass is 14.9. The molecule has 0 aliphatic carbocycles. The average molecular weight is 602 g/mol. The van der Waals surface area contributed by atoms with E-state index >= 15 is 0 Å². The van der Waals surface area contributed by atoms with Gasteiger partial charge in [0.15, 0.2) is 5.84 Å². The highest BCUT2D eigenvalue weighted by Gasteiger charge is 2.18. The number of hydrogen-bond donors (Lipinski definition) is 0. The molecule has 7 aromatic carbocycles. The molecule has 0 spiro atoms. The molecule has 0 saturated carbocycles. The van der Waals surface area contributed by atoms with Gasteiger partial charge in [-0.25, -0.2) is 9.98 Å². The maximum atomic E-state index is 5.46. The minimum atomic E-state index is 0.725. The van der Waals surface area contributed by atoms with Gasteiger partial charge in [0.25, 0.3) is 0 Å². The number of fused-ring (bicyclic) bond motifs is 8. The minimum Gasteiger partial charge on any atom is -0.256 e. The van der Waals surface area contributed by atoms with Crippen molar-refractivity contribution in [3.05, 3.63) is 168 Å². The molecule has 0 N–H and O–H groups in total. The van der Waals surface area contributed by atoms with Gasteiger partial charge in [0.2, 0.25) is 0 Å². The Labute approximate surface area is 273 Å². The van der Waals surface area contributed by atoms with Gasteiger partial charge in [-0.15, -0.1) is 0 Å². The van der Waals surface area contributed by atoms with E-state index in [4.69, 9.17) is 15.0 Å². The molecule has 0 fully saturated rings. The molecule has 1 aliphatic heterocycles. The van der Waals surface area contributed by atoms with Crippen LogP contribution in [0.3, 0.4) is 0 Å². The first-order valence-corrected chi connectivity index (χ1v) is 16.2. The van der Waals surface area contributed by atoms with Crippen molar-refractivity contribution >= 4 is 71.2 Å². The zero-order chi connectivity index (χ0) is 31.3. The summed E-state index contributed by atoms with van der Waals surface area (Å²) >= 11 is 0. The number of amidine groups is 1. The van der Waals surface area contributed by atoms with Gasteiger partial charge >= 0.3 is 0 Å². The van der Waals surface area contributed by atoms with Crippen molar-refractivity contribution in [1.29, 1.82) is 0 Å². The standard InChI is InChI=1S/C44H31N3/c1-28-15-23-40(32-10-3-2-4-11-32)46-44(47-43(28)33-20-18-30-17-16-29-9-5-7-13-36(29)38(30)25-33)34-21-19-31-22-24-41-42(39(31)26-34)37-14-8-6-12-35(37)27-45-41/h2-14,16-22,24-27H,15,23H2,1H3/b43-28+,46-40?,47-44?. The fourth-order valence-electron chi connectivity index (χ4n) is 7.08. The molecular formula is C44H31N3. The van der Waals surface area contributed by atoms with Crippen LogP contribution in [0.5, 0.6) is 0 Å². The van der Waals surface area contributed by atoms with Crippen molar-refractivity contribution in [2.24, 2.45) is 9.98 Å². The van der Waals surface area contributed by atoms with Gasteiger partial charge in [0, 0.05) is 28.1 Å². The predicted molar refractivity (Wildman–Crippen MR) is 200 cm³/mol. The summed E-state index contributed by atoms with van der Waals surface area (Å²) in [6.45, 7) is 2.23. The van der Waals surface area contributed by atoms with Crippen LogP contribution in [0.25, 0.3) is 59.7 Å². The third-order valence-corrected chi connectivity index (χ3v) is 9.56. The van der Waals surface area contributed by atoms with E-state index in [1.165, 1.54) is 37.9 Å². The summed E-state index contributed by atoms with van der Waals surface area (Å²) in [5, 5.41) is 10.8. The summed E-state index contributed by atoms with van der Waals surface area (Å²) < 4.78 is 0. The normalized spacial score (nSPS) is 15.6. The van der Waals surface area contributed by atoms with Gasteiger partial charge in [-0.1, -0.05) is 121 Å². The van der Waals surface area contributed by atoms with Crippen LogP contribution in [0.2, 0.25) is 0 Å². The topological polar surface area (TPSA) is 37.6 Å². The quantitative estimate of drug-likeness (QED) is 0.186. The molecule has 0 amide bonds. The minimum absolute atomic E-state index is 0.725. The molecule has 8 aromatic rings. The van der Waals surface area contributed by atoms with Crippen molar-refractivity contribution in [3.8, 4) is 0 Å². The van der Waals surface area contributed by atoms with E-state index < -0.39 is 0 Å². The molecule has 2 heterocycles. The monoisotopic (exact) mass is 601 g/mol. The number of nitrogens with zero attached hydrogens (tertiary/aromatic N) is 3. The van der Waals surface area contributed by atoms with Gasteiger partial charge in [-0.05, 0) is 86.8 Å². The largest absolute Gasteiger partial charge is 0.256 e. The Hall–Kier alpha value is -5.93. The Balaban J connectivity index is 1.29. The van der Waals surface area contributed by atoms with Gasteiger partial charge in [0.05, 0.1) is 16.9 Å². The Morgan fingerprint density at radius 1 is 0.468 bits per heavy atom. The molecule has 0 saturated heterocycles. The van der Waals surface area contributed by atoms with Crippen molar-refractivity contribution in [2.45, 2.75) is 19.8 Å². The lowest BCUT2D eigenvalue weighted by Crippen LogP contribution is -2.10. The average Bonchev–Trinajstić information content (AvgIpc) is 3.13. The number of benzene rings is 7. The van der Waals surface area contributed by atoms with Gasteiger partial charge in [-0.3, -0.25) is 4.98 Å². The number of allylic oxidation sites excluding steroid dienone is 1. The van der Waals surface area contributed by atoms with E-state index in [1.807, 2.05) is 6.20 Å². The van der Waals surface area contributed by atoms with E-state index in [-0.39, 0.29) is 0 Å². The summed E-state index contributed by atoms with van der Waals surface area (Å²) in [6.07, 6.45) is 3.68. The smallest absolute Gasteiger partial charge is 0.160 e. The first kappa shape index (κ1) is 27.4. The molecular weight excluding hydrogens is 571 g/mol. The second kappa shape index (κ2) is 11.1. The Morgan fingerprint density at radius 2 is 1.11 bits per heavy atom. The molecule has 222 valence electrons. The zero-order valence-corrected chi connectivity index (χ0v) is 26.1. The van der Waals surface area contributed by atoms with Crippen LogP contribution in [0, 0.1) is 0 Å². The van der Waals surface area contributed by atoms with Gasteiger partial charge in [0.1, 0.15) is 0 Å². The third-order valence-electron chi connectivity index (χ3n) is 9.56. The number of aromatic nitrogens is 1. The highest BCUT2D eigenvalue weighted by molar-refractivity contribution is 6.21. The van der Waals surface area contributed by atoms with Crippen LogP contribution in [-0.2, 0) is 0 Å². The Morgan fingerprint density at radius 3 is 1.96 bits per heavy atom. The summed E-state index contributed by atoms with van der Waals surface area (Å²) in [5.74, 6) is 0.725. The number of pyridine rings is 1. The first-order valence-electron chi connectivity index (χ1n) is 16.2. The lowest BCUT2D eigenvalue weighted by molar-refractivity contribution is 1.00. The lowest BCUT2D eigenvalue weighted by Gasteiger charge is -2.17. The number of rotatable bonds is 3. The maximum Gasteiger partial charge on any atom is 0.160 e. The first-order chi connectivity index (χ1) is 23.2. The predicted octanol–water partition coefficient (Wildman–Crippen LogP) is 11.3. The molecule has 1 aromatic heterocycles. The van der Waals surface area contributed by atoms with Crippen molar-refractivity contribution in [1.82, 2.24) is 4.98 Å². The molecule has 1 aliphatic rings. The van der Waals surface area contributed by atoms with E-state index in [1.54, 1.807) is 0 Å². The summed E-state index contributed by atoms with van der Waals surface area (Å²) in [6, 6.07) is 49.7. The van der Waals surface area contributed by atoms with E-state index in [9.17, 15) is 0 Å². The third kappa shape index (κ3) is 4.79. The van der Waals surface area contributed by atoms with Gasteiger partial charge < -0.3 is 0 Å². The van der Waals surface area contributed by atoms with Crippen LogP contribution < -0.4 is 0 Å². The second-order valence-corrected chi connectivity index (χ2v) is 12.5. The molecule has 3 nitrogen and oxygen atoms in total. The molecule has 3 heteroatoms. The summed E-state index contributed by atoms with van der Waals surface area (Å²) in [7, 11) is 0. The van der Waals surface area contributed by atoms with E-state index in [0.717, 1.165) is 68.5 Å². The van der Waals surface area contributed by atoms with Crippen LogP contribution in [0.1, 0.15) is 36.5 Å². The van der Waals surface area contributed by atoms with E-state index in [2.05, 4.69) is 146 Å². The van der Waals surface area contributed by atoms with Crippen LogP contribution in [0.15, 0.2) is 161 Å². The fourth-order valence-corrected chi connectivity index (χ4v) is 7.08. The second-order valence-electron chi connectivity index (χ2n) is 12.5. The van der Waals surface area contributed by atoms with Crippen molar-refractivity contribution in [3.63, 3.8) is 0 Å². The number of hydrogen-bond acceptors (Lipinski definition) is 3. The van der Waals surface area contributed by atoms with Crippen LogP contribution in [0.4, 0.5) is 0 Å². The SMILES string of the molecule is C/C1=C(/c2ccc3ccc4ccccc4c3c2)N=C(c2ccc3ccc4ncc5ccccc5c4c3c2)N=C(c2ccccc2)CC1. The Bertz CT molecular complexity index is 2620. The van der Waals surface area contributed by atoms with Crippen molar-refractivity contribution in [2.75, 3.05) is 0 Å². The zero-order valence-electron chi connectivity index (χ0n) is 26.1. The summed E-state index contributed by atoms with van der Waals surface area (Å²) in [4.78, 5) is 15.7. The van der Waals surface area contributed by atoms with Crippen LogP contribution in [-0.4, -0.2) is 16.5 Å². The lowest BCUT2D eigenvalue weighted by atomic mass is 9.95. The highest BCUT2D eigenvalue weighted by Crippen LogP contribution is 2.35. The molecule has 9 rings (SSSR count). The molecule has 0 bridgehead atoms. The molecule has 0 atom stereocenters. The Kier molecular flexibility index (Phi) is 6.50. The molecule has 0 radical (unpaired) electrons. The molecule has 0 unspecified atom stereocenters. The van der Waals surface area contributed by atoms with E-state index in [0.29, 0.717) is 0 Å². The summed E-state index contributed by atoms with van der Waals surface area (Å²) in [5.41, 5.74) is 7.53. The van der Waals surface area contributed by atoms with Gasteiger partial charge in [-0.2, -0.15) is 0 Å². The van der Waals surface area contributed by atoms with Crippen molar-refractivity contribution < 1.29 is 0 Å².